The average Bonchev–Trinajstić information content (AvgIpc) is 4.12. The Morgan fingerprint density at radius 1 is 0.740 bits per heavy atom. The highest BCUT2D eigenvalue weighted by molar-refractivity contribution is 7.44. The standard InChI is InChI=1S/C60H64N7O9P/c1-41(2)67(42(3)4)77(74-35-17-34-61)76-55-52(37-73-60(45-21-10-8-11-22-45,46-26-30-48(69-5)31-27-46)47-28-32-49(70-6)33-29-47)75-59(56(55)71-7)66-40-64-54-57(62-39-63-58(54)66)65(53(68)38-72-50-23-12-9-13-24-50)36-44-20-16-19-43-18-14-15-25-51(43)44/h8-16,18-33,39-42,52,55-56,59H,17,35-38H2,1-7H3/t52-,55?,56?,59-,77?/m1/s1. The minimum Gasteiger partial charge on any atom is -0.497 e. The Morgan fingerprint density at radius 2 is 1.36 bits per heavy atom. The number of nitrogens with zero attached hydrogens (tertiary/aromatic N) is 7. The van der Waals surface area contributed by atoms with E-state index in [-0.39, 0.29) is 56.6 Å². The van der Waals surface area contributed by atoms with Gasteiger partial charge in [0.2, 0.25) is 0 Å². The Labute approximate surface area is 451 Å². The lowest BCUT2D eigenvalue weighted by Gasteiger charge is -2.39. The van der Waals surface area contributed by atoms with E-state index in [2.05, 4.69) is 38.4 Å². The second kappa shape index (κ2) is 25.2. The van der Waals surface area contributed by atoms with Gasteiger partial charge in [-0.15, -0.1) is 0 Å². The number of imidazole rings is 1. The number of anilines is 1. The number of para-hydroxylation sites is 1. The molecule has 77 heavy (non-hydrogen) atoms. The zero-order valence-corrected chi connectivity index (χ0v) is 45.2. The van der Waals surface area contributed by atoms with Crippen molar-refractivity contribution in [3.8, 4) is 23.3 Å². The van der Waals surface area contributed by atoms with Gasteiger partial charge < -0.3 is 37.5 Å². The van der Waals surface area contributed by atoms with Crippen LogP contribution in [0.5, 0.6) is 17.2 Å². The summed E-state index contributed by atoms with van der Waals surface area (Å²) < 4.78 is 56.3. The molecule has 0 spiro atoms. The van der Waals surface area contributed by atoms with Crippen molar-refractivity contribution in [2.75, 3.05) is 46.0 Å². The first kappa shape index (κ1) is 54.5. The van der Waals surface area contributed by atoms with E-state index >= 15 is 0 Å². The van der Waals surface area contributed by atoms with Gasteiger partial charge in [0.1, 0.15) is 47.5 Å². The molecule has 1 amide bonds. The summed E-state index contributed by atoms with van der Waals surface area (Å²) in [6.07, 6.45) is -0.167. The van der Waals surface area contributed by atoms with Gasteiger partial charge in [-0.05, 0) is 97.1 Å². The van der Waals surface area contributed by atoms with E-state index in [1.807, 2.05) is 140 Å². The molecule has 0 bridgehead atoms. The lowest BCUT2D eigenvalue weighted by molar-refractivity contribution is -0.120. The highest BCUT2D eigenvalue weighted by Crippen LogP contribution is 2.52. The fourth-order valence-electron chi connectivity index (χ4n) is 9.97. The maximum atomic E-state index is 14.6. The normalized spacial score (nSPS) is 17.0. The monoisotopic (exact) mass is 1060 g/mol. The van der Waals surface area contributed by atoms with Crippen molar-refractivity contribution in [2.45, 2.75) is 82.9 Å². The fourth-order valence-corrected chi connectivity index (χ4v) is 11.7. The van der Waals surface area contributed by atoms with Gasteiger partial charge in [-0.1, -0.05) is 115 Å². The van der Waals surface area contributed by atoms with Crippen LogP contribution in [0.2, 0.25) is 0 Å². The van der Waals surface area contributed by atoms with E-state index in [0.717, 1.165) is 33.0 Å². The van der Waals surface area contributed by atoms with Crippen LogP contribution >= 0.6 is 8.53 Å². The van der Waals surface area contributed by atoms with Gasteiger partial charge in [-0.2, -0.15) is 5.26 Å². The summed E-state index contributed by atoms with van der Waals surface area (Å²) in [6.45, 7) is 8.37. The molecule has 0 aliphatic carbocycles. The second-order valence-corrected chi connectivity index (χ2v) is 20.3. The van der Waals surface area contributed by atoms with Crippen LogP contribution in [0.25, 0.3) is 21.9 Å². The van der Waals surface area contributed by atoms with Crippen LogP contribution in [0.1, 0.15) is 62.6 Å². The molecular weight excluding hydrogens is 994 g/mol. The number of benzene rings is 6. The lowest BCUT2D eigenvalue weighted by atomic mass is 9.80. The summed E-state index contributed by atoms with van der Waals surface area (Å²) in [5.41, 5.74) is 2.96. The summed E-state index contributed by atoms with van der Waals surface area (Å²) in [4.78, 5) is 30.7. The number of aromatic nitrogens is 4. The summed E-state index contributed by atoms with van der Waals surface area (Å²) >= 11 is 0. The molecule has 1 aliphatic rings. The molecule has 8 aromatic rings. The quantitative estimate of drug-likeness (QED) is 0.0319. The van der Waals surface area contributed by atoms with Gasteiger partial charge in [-0.3, -0.25) is 14.3 Å². The zero-order valence-electron chi connectivity index (χ0n) is 44.3. The lowest BCUT2D eigenvalue weighted by Crippen LogP contribution is -2.42. The molecular formula is C60H64N7O9P. The highest BCUT2D eigenvalue weighted by atomic mass is 31.2. The molecule has 1 fully saturated rings. The maximum absolute atomic E-state index is 14.6. The molecule has 1 aliphatic heterocycles. The van der Waals surface area contributed by atoms with Gasteiger partial charge in [0.25, 0.3) is 14.4 Å². The molecule has 16 nitrogen and oxygen atoms in total. The molecule has 1 saturated heterocycles. The maximum Gasteiger partial charge on any atom is 0.266 e. The number of rotatable bonds is 24. The SMILES string of the molecule is COc1ccc(C(OC[C@H]2O[C@@H](n3cnc4c(N(Cc5cccc6ccccc56)C(=O)COc5ccccc5)ncnc43)C(OC)C2OP(OCCC#N)N(C(C)C)C(C)C)(c2ccccc2)c2ccc(OC)cc2)cc1. The molecule has 0 saturated carbocycles. The van der Waals surface area contributed by atoms with Crippen LogP contribution in [0.15, 0.2) is 164 Å². The molecule has 9 rings (SSSR count). The molecule has 17 heteroatoms. The summed E-state index contributed by atoms with van der Waals surface area (Å²) in [5, 5.41) is 11.7. The predicted molar refractivity (Wildman–Crippen MR) is 295 cm³/mol. The van der Waals surface area contributed by atoms with E-state index in [4.69, 9.17) is 52.4 Å². The van der Waals surface area contributed by atoms with E-state index in [1.54, 1.807) is 49.3 Å². The van der Waals surface area contributed by atoms with Crippen molar-refractivity contribution in [2.24, 2.45) is 0 Å². The summed E-state index contributed by atoms with van der Waals surface area (Å²) in [7, 11) is 3.06. The van der Waals surface area contributed by atoms with Crippen LogP contribution in [-0.2, 0) is 40.2 Å². The molecule has 3 heterocycles. The van der Waals surface area contributed by atoms with Crippen molar-refractivity contribution in [3.05, 3.63) is 187 Å². The van der Waals surface area contributed by atoms with Crippen LogP contribution in [-0.4, -0.2) is 102 Å². The van der Waals surface area contributed by atoms with Gasteiger partial charge in [-0.25, -0.2) is 19.6 Å². The molecule has 2 aromatic heterocycles. The van der Waals surface area contributed by atoms with Crippen molar-refractivity contribution in [1.82, 2.24) is 24.2 Å². The zero-order chi connectivity index (χ0) is 53.9. The van der Waals surface area contributed by atoms with E-state index in [9.17, 15) is 10.1 Å². The first-order valence-electron chi connectivity index (χ1n) is 25.6. The van der Waals surface area contributed by atoms with Gasteiger partial charge in [0, 0.05) is 19.2 Å². The fraction of sp³-hybridized carbons (Fsp3) is 0.317. The van der Waals surface area contributed by atoms with E-state index < -0.39 is 38.7 Å². The number of nitriles is 1. The number of fused-ring (bicyclic) bond motifs is 2. The van der Waals surface area contributed by atoms with Crippen molar-refractivity contribution in [3.63, 3.8) is 0 Å². The number of carbonyl (C=O) groups is 1. The van der Waals surface area contributed by atoms with E-state index in [1.165, 1.54) is 6.33 Å². The summed E-state index contributed by atoms with van der Waals surface area (Å²) in [6, 6.07) is 51.2. The number of amides is 1. The predicted octanol–water partition coefficient (Wildman–Crippen LogP) is 11.2. The first-order chi connectivity index (χ1) is 37.6. The Balaban J connectivity index is 1.15. The molecule has 6 aromatic carbocycles. The third-order valence-corrected chi connectivity index (χ3v) is 15.7. The Hall–Kier alpha value is -7.32. The largest absolute Gasteiger partial charge is 0.497 e. The average molecular weight is 1060 g/mol. The minimum absolute atomic E-state index is 0.00165. The Bertz CT molecular complexity index is 3170. The molecule has 398 valence electrons. The Morgan fingerprint density at radius 3 is 2.00 bits per heavy atom. The third-order valence-electron chi connectivity index (χ3n) is 13.6. The van der Waals surface area contributed by atoms with E-state index in [0.29, 0.717) is 28.4 Å². The molecule has 0 N–H and O–H groups in total. The smallest absolute Gasteiger partial charge is 0.266 e. The minimum atomic E-state index is -1.82. The topological polar surface area (TPSA) is 165 Å². The van der Waals surface area contributed by atoms with Crippen LogP contribution < -0.4 is 19.1 Å². The number of methoxy groups -OCH3 is 3. The second-order valence-electron chi connectivity index (χ2n) is 18.9. The van der Waals surface area contributed by atoms with Gasteiger partial charge >= 0.3 is 0 Å². The molecule has 0 radical (unpaired) electrons. The Kier molecular flexibility index (Phi) is 17.8. The number of hydrogen-bond acceptors (Lipinski definition) is 14. The summed E-state index contributed by atoms with van der Waals surface area (Å²) in [5.74, 6) is 1.88. The number of ether oxygens (including phenoxy) is 6. The highest BCUT2D eigenvalue weighted by Gasteiger charge is 2.51. The van der Waals surface area contributed by atoms with Crippen LogP contribution in [0, 0.1) is 11.3 Å². The number of carbonyl (C=O) groups excluding carboxylic acids is 1. The van der Waals surface area contributed by atoms with Crippen molar-refractivity contribution < 1.29 is 42.3 Å². The molecule has 3 unspecified atom stereocenters. The van der Waals surface area contributed by atoms with Gasteiger partial charge in [0.15, 0.2) is 29.8 Å². The van der Waals surface area contributed by atoms with Crippen molar-refractivity contribution in [1.29, 1.82) is 5.26 Å². The van der Waals surface area contributed by atoms with Crippen LogP contribution in [0.4, 0.5) is 5.82 Å². The van der Waals surface area contributed by atoms with Crippen LogP contribution in [0.3, 0.4) is 0 Å². The molecule has 5 atom stereocenters. The van der Waals surface area contributed by atoms with Gasteiger partial charge in [0.05, 0.1) is 52.8 Å². The number of hydrogen-bond donors (Lipinski definition) is 0. The van der Waals surface area contributed by atoms with Crippen molar-refractivity contribution >= 4 is 42.2 Å². The first-order valence-corrected chi connectivity index (χ1v) is 26.8. The third kappa shape index (κ3) is 11.8.